The van der Waals surface area contributed by atoms with E-state index in [0.717, 1.165) is 12.8 Å². The van der Waals surface area contributed by atoms with Gasteiger partial charge in [0.05, 0.1) is 6.42 Å². The molecule has 0 amide bonds. The third-order valence-corrected chi connectivity index (χ3v) is 3.75. The highest BCUT2D eigenvalue weighted by Crippen LogP contribution is 2.33. The van der Waals surface area contributed by atoms with Crippen LogP contribution >= 0.6 is 0 Å². The Labute approximate surface area is 113 Å². The fourth-order valence-electron chi connectivity index (χ4n) is 2.80. The second-order valence-electron chi connectivity index (χ2n) is 5.05. The number of aryl methyl sites for hydroxylation is 2. The number of benzene rings is 2. The fourth-order valence-corrected chi connectivity index (χ4v) is 2.80. The molecule has 0 aliphatic heterocycles. The molecule has 0 saturated heterocycles. The molecule has 1 aliphatic carbocycles. The lowest BCUT2D eigenvalue weighted by molar-refractivity contribution is 0.802. The first-order chi connectivity index (χ1) is 9.28. The summed E-state index contributed by atoms with van der Waals surface area (Å²) >= 11 is 0. The number of rotatable bonds is 2. The molecular formula is C17H16N2. The molecule has 19 heavy (non-hydrogen) atoms. The molecule has 1 atom stereocenters. The van der Waals surface area contributed by atoms with Crippen LogP contribution in [0.2, 0.25) is 0 Å². The molecule has 2 nitrogen and oxygen atoms in total. The quantitative estimate of drug-likeness (QED) is 0.813. The zero-order valence-electron chi connectivity index (χ0n) is 10.8. The van der Waals surface area contributed by atoms with Crippen molar-refractivity contribution in [1.29, 1.82) is 0 Å². The molecule has 2 heteroatoms. The van der Waals surface area contributed by atoms with Crippen molar-refractivity contribution in [2.24, 2.45) is 5.73 Å². The van der Waals surface area contributed by atoms with Crippen molar-refractivity contribution >= 4 is 0 Å². The maximum absolute atomic E-state index is 6.94. The van der Waals surface area contributed by atoms with Crippen molar-refractivity contribution in [2.75, 3.05) is 0 Å². The molecule has 0 bridgehead atoms. The number of nitrogens with two attached hydrogens (primary N) is 1. The number of hydrogen-bond donors (Lipinski definition) is 1. The first-order valence-electron chi connectivity index (χ1n) is 6.60. The Kier molecular flexibility index (Phi) is 3.06. The first kappa shape index (κ1) is 12.0. The van der Waals surface area contributed by atoms with Gasteiger partial charge in [0.2, 0.25) is 0 Å². The maximum Gasteiger partial charge on any atom is 0.278 e. The van der Waals surface area contributed by atoms with Gasteiger partial charge in [-0.1, -0.05) is 42.5 Å². The predicted molar refractivity (Wildman–Crippen MR) is 77.6 cm³/mol. The number of hydrogen-bond acceptors (Lipinski definition) is 1. The largest absolute Gasteiger partial charge is 0.296 e. The van der Waals surface area contributed by atoms with Crippen LogP contribution in [0.15, 0.2) is 42.5 Å². The van der Waals surface area contributed by atoms with E-state index in [1.165, 1.54) is 27.8 Å². The Morgan fingerprint density at radius 3 is 2.63 bits per heavy atom. The summed E-state index contributed by atoms with van der Waals surface area (Å²) in [6.45, 7) is 6.94. The van der Waals surface area contributed by atoms with Gasteiger partial charge in [-0.05, 0) is 40.7 Å². The fraction of sp³-hybridized carbons (Fsp3) is 0.235. The summed E-state index contributed by atoms with van der Waals surface area (Å²) in [5.74, 6) is 0. The van der Waals surface area contributed by atoms with Gasteiger partial charge < -0.3 is 0 Å². The highest BCUT2D eigenvalue weighted by atomic mass is 14.9. The molecule has 0 fully saturated rings. The van der Waals surface area contributed by atoms with Crippen LogP contribution in [-0.4, -0.2) is 6.17 Å². The zero-order valence-corrected chi connectivity index (χ0v) is 10.8. The van der Waals surface area contributed by atoms with Crippen LogP contribution in [0.4, 0.5) is 0 Å². The van der Waals surface area contributed by atoms with Gasteiger partial charge in [0.1, 0.15) is 0 Å². The zero-order chi connectivity index (χ0) is 13.2. The van der Waals surface area contributed by atoms with Gasteiger partial charge in [0, 0.05) is 0 Å². The van der Waals surface area contributed by atoms with Crippen molar-refractivity contribution in [1.82, 2.24) is 0 Å². The lowest BCUT2D eigenvalue weighted by atomic mass is 9.84. The smallest absolute Gasteiger partial charge is 0.278 e. The van der Waals surface area contributed by atoms with Gasteiger partial charge in [-0.25, -0.2) is 6.57 Å². The molecule has 0 aromatic heterocycles. The van der Waals surface area contributed by atoms with E-state index in [2.05, 4.69) is 47.3 Å². The topological polar surface area (TPSA) is 30.4 Å². The SMILES string of the molecule is [C-]#[N+]C(N)Cc1ccc2c(c1)CCc1ccccc1-2. The van der Waals surface area contributed by atoms with Crippen molar-refractivity contribution in [3.05, 3.63) is 70.6 Å². The predicted octanol–water partition coefficient (Wildman–Crippen LogP) is 3.20. The minimum Gasteiger partial charge on any atom is -0.296 e. The van der Waals surface area contributed by atoms with Crippen LogP contribution in [0.3, 0.4) is 0 Å². The lowest BCUT2D eigenvalue weighted by Gasteiger charge is -2.20. The van der Waals surface area contributed by atoms with E-state index in [4.69, 9.17) is 12.3 Å². The van der Waals surface area contributed by atoms with Gasteiger partial charge in [-0.15, -0.1) is 0 Å². The van der Waals surface area contributed by atoms with Gasteiger partial charge in [0.15, 0.2) is 0 Å². The summed E-state index contributed by atoms with van der Waals surface area (Å²) in [4.78, 5) is 3.36. The van der Waals surface area contributed by atoms with E-state index in [1.807, 2.05) is 0 Å². The Balaban J connectivity index is 1.99. The Morgan fingerprint density at radius 1 is 1.05 bits per heavy atom. The molecule has 1 aliphatic rings. The average molecular weight is 248 g/mol. The minimum absolute atomic E-state index is 0.422. The normalized spacial score (nSPS) is 14.1. The van der Waals surface area contributed by atoms with E-state index in [0.29, 0.717) is 6.42 Å². The number of fused-ring (bicyclic) bond motifs is 3. The van der Waals surface area contributed by atoms with Crippen molar-refractivity contribution in [3.63, 3.8) is 0 Å². The minimum atomic E-state index is -0.422. The maximum atomic E-state index is 6.94. The monoisotopic (exact) mass is 248 g/mol. The molecule has 0 spiro atoms. The summed E-state index contributed by atoms with van der Waals surface area (Å²) in [5.41, 5.74) is 12.4. The van der Waals surface area contributed by atoms with E-state index < -0.39 is 6.17 Å². The van der Waals surface area contributed by atoms with Crippen LogP contribution in [0.25, 0.3) is 16.0 Å². The summed E-state index contributed by atoms with van der Waals surface area (Å²) in [6.07, 6.45) is 2.39. The van der Waals surface area contributed by atoms with Crippen LogP contribution in [-0.2, 0) is 19.3 Å². The molecular weight excluding hydrogens is 232 g/mol. The standard InChI is InChI=1S/C17H16N2/c1-19-17(18)11-12-6-9-16-14(10-12)8-7-13-4-2-3-5-15(13)16/h2-6,9-10,17H,7-8,11,18H2. The molecule has 1 unspecified atom stereocenters. The van der Waals surface area contributed by atoms with E-state index in [-0.39, 0.29) is 0 Å². The number of nitrogens with zero attached hydrogens (tertiary/aromatic N) is 1. The first-order valence-corrected chi connectivity index (χ1v) is 6.60. The average Bonchev–Trinajstić information content (AvgIpc) is 2.46. The molecule has 0 heterocycles. The highest BCUT2D eigenvalue weighted by Gasteiger charge is 2.16. The molecule has 2 N–H and O–H groups in total. The Hall–Kier alpha value is -2.11. The van der Waals surface area contributed by atoms with Gasteiger partial charge in [-0.2, -0.15) is 0 Å². The Bertz CT molecular complexity index is 653. The van der Waals surface area contributed by atoms with E-state index in [1.54, 1.807) is 0 Å². The van der Waals surface area contributed by atoms with Crippen LogP contribution < -0.4 is 5.73 Å². The van der Waals surface area contributed by atoms with Gasteiger partial charge >= 0.3 is 0 Å². The summed E-state index contributed by atoms with van der Waals surface area (Å²) in [5, 5.41) is 0. The molecule has 0 radical (unpaired) electrons. The van der Waals surface area contributed by atoms with E-state index >= 15 is 0 Å². The lowest BCUT2D eigenvalue weighted by Crippen LogP contribution is -2.18. The van der Waals surface area contributed by atoms with Gasteiger partial charge in [0.25, 0.3) is 6.17 Å². The van der Waals surface area contributed by atoms with Crippen molar-refractivity contribution < 1.29 is 0 Å². The van der Waals surface area contributed by atoms with Crippen LogP contribution in [0.1, 0.15) is 16.7 Å². The van der Waals surface area contributed by atoms with Crippen LogP contribution in [0.5, 0.6) is 0 Å². The van der Waals surface area contributed by atoms with E-state index in [9.17, 15) is 0 Å². The highest BCUT2D eigenvalue weighted by molar-refractivity contribution is 5.73. The summed E-state index contributed by atoms with van der Waals surface area (Å²) < 4.78 is 0. The third kappa shape index (κ3) is 2.25. The summed E-state index contributed by atoms with van der Waals surface area (Å²) in [7, 11) is 0. The van der Waals surface area contributed by atoms with Crippen molar-refractivity contribution in [3.8, 4) is 11.1 Å². The molecule has 0 saturated carbocycles. The molecule has 2 aromatic rings. The van der Waals surface area contributed by atoms with Crippen molar-refractivity contribution in [2.45, 2.75) is 25.4 Å². The second kappa shape index (κ2) is 4.87. The van der Waals surface area contributed by atoms with Gasteiger partial charge in [-0.3, -0.25) is 10.6 Å². The molecule has 94 valence electrons. The van der Waals surface area contributed by atoms with Crippen LogP contribution in [0, 0.1) is 6.57 Å². The second-order valence-corrected chi connectivity index (χ2v) is 5.05. The summed E-state index contributed by atoms with van der Waals surface area (Å²) in [6, 6.07) is 15.1. The molecule has 3 rings (SSSR count). The molecule has 2 aromatic carbocycles. The Morgan fingerprint density at radius 2 is 1.79 bits per heavy atom. The third-order valence-electron chi connectivity index (χ3n) is 3.75.